The summed E-state index contributed by atoms with van der Waals surface area (Å²) in [6.45, 7) is 4.09. The van der Waals surface area contributed by atoms with Crippen LogP contribution < -0.4 is 10.6 Å². The minimum absolute atomic E-state index is 0.0360. The second kappa shape index (κ2) is 9.38. The molecule has 1 aromatic carbocycles. The highest BCUT2D eigenvalue weighted by Crippen LogP contribution is 2.24. The highest BCUT2D eigenvalue weighted by Gasteiger charge is 2.36. The molecule has 10 heteroatoms. The van der Waals surface area contributed by atoms with Crippen molar-refractivity contribution in [2.24, 2.45) is 5.92 Å². The molecule has 1 aliphatic rings. The number of cyclic esters (lactones) is 1. The highest BCUT2D eigenvalue weighted by molar-refractivity contribution is 7.80. The minimum atomic E-state index is -0.534. The van der Waals surface area contributed by atoms with Crippen LogP contribution in [0.5, 0.6) is 0 Å². The molecule has 9 nitrogen and oxygen atoms in total. The summed E-state index contributed by atoms with van der Waals surface area (Å²) in [5.41, 5.74) is 0.448. The topological polar surface area (TPSA) is 120 Å². The fourth-order valence-electron chi connectivity index (χ4n) is 2.52. The van der Waals surface area contributed by atoms with E-state index in [1.54, 1.807) is 0 Å². The molecule has 0 aromatic heterocycles. The van der Waals surface area contributed by atoms with Gasteiger partial charge in [0.25, 0.3) is 5.69 Å². The molecule has 146 valence electrons. The molecule has 0 aliphatic carbocycles. The number of non-ortho nitro benzene ring substituents is 1. The summed E-state index contributed by atoms with van der Waals surface area (Å²) >= 11 is 5.05. The zero-order valence-electron chi connectivity index (χ0n) is 15.0. The van der Waals surface area contributed by atoms with Crippen molar-refractivity contribution in [1.82, 2.24) is 5.32 Å². The summed E-state index contributed by atoms with van der Waals surface area (Å²) in [4.78, 5) is 34.1. The first-order chi connectivity index (χ1) is 12.7. The second-order valence-electron chi connectivity index (χ2n) is 6.38. The molecule has 2 atom stereocenters. The number of thiocarbonyl (C=S) groups is 1. The standard InChI is InChI=1S/C17H21N3O6S/c1-10(2)25-9-14-7-11(16(22)26-14)8-15(21)19-17(27)18-12-3-5-13(6-4-12)20(23)24/h3-6,10-11,14H,7-9H2,1-2H3,(H2,18,19,21,27)/t11-,14-/m0/s1. The molecule has 1 aromatic rings. The summed E-state index contributed by atoms with van der Waals surface area (Å²) in [7, 11) is 0. The van der Waals surface area contributed by atoms with Crippen LogP contribution in [0.4, 0.5) is 11.4 Å². The first-order valence-electron chi connectivity index (χ1n) is 8.42. The third kappa shape index (κ3) is 6.57. The largest absolute Gasteiger partial charge is 0.460 e. The van der Waals surface area contributed by atoms with Gasteiger partial charge in [0.2, 0.25) is 5.91 Å². The van der Waals surface area contributed by atoms with Crippen molar-refractivity contribution in [1.29, 1.82) is 0 Å². The third-order valence-corrected chi connectivity index (χ3v) is 4.00. The van der Waals surface area contributed by atoms with Gasteiger partial charge in [-0.05, 0) is 38.2 Å². The predicted molar refractivity (Wildman–Crippen MR) is 101 cm³/mol. The van der Waals surface area contributed by atoms with E-state index >= 15 is 0 Å². The Kier molecular flexibility index (Phi) is 7.19. The molecule has 2 N–H and O–H groups in total. The van der Waals surface area contributed by atoms with Gasteiger partial charge in [0.1, 0.15) is 6.10 Å². The molecule has 27 heavy (non-hydrogen) atoms. The quantitative estimate of drug-likeness (QED) is 0.312. The van der Waals surface area contributed by atoms with E-state index in [2.05, 4.69) is 10.6 Å². The number of benzene rings is 1. The number of ether oxygens (including phenoxy) is 2. The average molecular weight is 395 g/mol. The molecule has 1 aliphatic heterocycles. The van der Waals surface area contributed by atoms with Crippen LogP contribution in [-0.2, 0) is 19.1 Å². The van der Waals surface area contributed by atoms with E-state index in [0.717, 1.165) is 0 Å². The van der Waals surface area contributed by atoms with E-state index in [0.29, 0.717) is 18.7 Å². The number of nitrogens with zero attached hydrogens (tertiary/aromatic N) is 1. The van der Waals surface area contributed by atoms with E-state index in [9.17, 15) is 19.7 Å². The first kappa shape index (κ1) is 20.7. The Morgan fingerprint density at radius 3 is 2.67 bits per heavy atom. The van der Waals surface area contributed by atoms with Crippen LogP contribution in [0.1, 0.15) is 26.7 Å². The van der Waals surface area contributed by atoms with Crippen molar-refractivity contribution >= 4 is 40.6 Å². The van der Waals surface area contributed by atoms with Crippen molar-refractivity contribution in [3.63, 3.8) is 0 Å². The number of hydrogen-bond donors (Lipinski definition) is 2. The zero-order valence-corrected chi connectivity index (χ0v) is 15.8. The maximum atomic E-state index is 12.1. The SMILES string of the molecule is CC(C)OC[C@@H]1C[C@@H](CC(=O)NC(=S)Nc2ccc([N+](=O)[O-])cc2)C(=O)O1. The molecule has 1 saturated heterocycles. The van der Waals surface area contributed by atoms with Gasteiger partial charge in [-0.15, -0.1) is 0 Å². The number of hydrogen-bond acceptors (Lipinski definition) is 7. The molecule has 0 spiro atoms. The third-order valence-electron chi connectivity index (χ3n) is 3.80. The van der Waals surface area contributed by atoms with Crippen LogP contribution in [0.25, 0.3) is 0 Å². The Morgan fingerprint density at radius 2 is 2.07 bits per heavy atom. The van der Waals surface area contributed by atoms with Crippen LogP contribution in [0, 0.1) is 16.0 Å². The Bertz CT molecular complexity index is 722. The average Bonchev–Trinajstić information content (AvgIpc) is 2.93. The van der Waals surface area contributed by atoms with Gasteiger partial charge in [-0.25, -0.2) is 0 Å². The zero-order chi connectivity index (χ0) is 20.0. The number of rotatable bonds is 7. The molecule has 1 heterocycles. The van der Waals surface area contributed by atoms with Crippen molar-refractivity contribution in [3.05, 3.63) is 34.4 Å². The molecular formula is C17H21N3O6S. The molecule has 1 amide bonds. The molecule has 0 bridgehead atoms. The maximum absolute atomic E-state index is 12.1. The van der Waals surface area contributed by atoms with E-state index in [-0.39, 0.29) is 29.4 Å². The first-order valence-corrected chi connectivity index (χ1v) is 8.82. The lowest BCUT2D eigenvalue weighted by Gasteiger charge is -2.12. The maximum Gasteiger partial charge on any atom is 0.309 e. The summed E-state index contributed by atoms with van der Waals surface area (Å²) < 4.78 is 10.6. The van der Waals surface area contributed by atoms with Gasteiger partial charge in [-0.2, -0.15) is 0 Å². The van der Waals surface area contributed by atoms with Crippen molar-refractivity contribution in [3.8, 4) is 0 Å². The van der Waals surface area contributed by atoms with E-state index < -0.39 is 22.7 Å². The van der Waals surface area contributed by atoms with Crippen LogP contribution in [0.2, 0.25) is 0 Å². The fourth-order valence-corrected chi connectivity index (χ4v) is 2.75. The Hall–Kier alpha value is -2.59. The molecule has 2 rings (SSSR count). The van der Waals surface area contributed by atoms with Crippen LogP contribution >= 0.6 is 12.2 Å². The molecule has 1 fully saturated rings. The number of nitrogens with one attached hydrogen (secondary N) is 2. The summed E-state index contributed by atoms with van der Waals surface area (Å²) in [5, 5.41) is 15.9. The van der Waals surface area contributed by atoms with E-state index in [4.69, 9.17) is 21.7 Å². The molecule has 0 unspecified atom stereocenters. The smallest absolute Gasteiger partial charge is 0.309 e. The summed E-state index contributed by atoms with van der Waals surface area (Å²) in [6.07, 6.45) is 0.0671. The lowest BCUT2D eigenvalue weighted by atomic mass is 10.0. The van der Waals surface area contributed by atoms with Crippen molar-refractivity contribution in [2.75, 3.05) is 11.9 Å². The van der Waals surface area contributed by atoms with Crippen molar-refractivity contribution in [2.45, 2.75) is 38.9 Å². The number of carbonyl (C=O) groups excluding carboxylic acids is 2. The van der Waals surface area contributed by atoms with E-state index in [1.807, 2.05) is 13.8 Å². The van der Waals surface area contributed by atoms with Crippen LogP contribution in [0.15, 0.2) is 24.3 Å². The van der Waals surface area contributed by atoms with Crippen molar-refractivity contribution < 1.29 is 24.0 Å². The number of carbonyl (C=O) groups is 2. The number of anilines is 1. The van der Waals surface area contributed by atoms with E-state index in [1.165, 1.54) is 24.3 Å². The lowest BCUT2D eigenvalue weighted by Crippen LogP contribution is -2.35. The Labute approximate surface area is 161 Å². The minimum Gasteiger partial charge on any atom is -0.460 e. The van der Waals surface area contributed by atoms with Gasteiger partial charge in [0, 0.05) is 30.7 Å². The van der Waals surface area contributed by atoms with Gasteiger partial charge in [0.05, 0.1) is 23.6 Å². The number of nitro groups is 1. The number of amides is 1. The van der Waals surface area contributed by atoms with Gasteiger partial charge in [-0.1, -0.05) is 0 Å². The van der Waals surface area contributed by atoms with Gasteiger partial charge in [0.15, 0.2) is 5.11 Å². The second-order valence-corrected chi connectivity index (χ2v) is 6.79. The summed E-state index contributed by atoms with van der Waals surface area (Å²) in [6, 6.07) is 5.59. The fraction of sp³-hybridized carbons (Fsp3) is 0.471. The van der Waals surface area contributed by atoms with Gasteiger partial charge >= 0.3 is 5.97 Å². The Morgan fingerprint density at radius 1 is 1.41 bits per heavy atom. The normalized spacial score (nSPS) is 18.9. The monoisotopic (exact) mass is 395 g/mol. The molecular weight excluding hydrogens is 374 g/mol. The van der Waals surface area contributed by atoms with Crippen LogP contribution in [-0.4, -0.2) is 40.7 Å². The highest BCUT2D eigenvalue weighted by atomic mass is 32.1. The number of nitro benzene ring substituents is 1. The predicted octanol–water partition coefficient (Wildman–Crippen LogP) is 2.15. The van der Waals surface area contributed by atoms with Gasteiger partial charge in [-0.3, -0.25) is 19.7 Å². The van der Waals surface area contributed by atoms with Gasteiger partial charge < -0.3 is 20.1 Å². The Balaban J connectivity index is 1.78. The summed E-state index contributed by atoms with van der Waals surface area (Å²) in [5.74, 6) is -1.37. The molecule has 0 saturated carbocycles. The number of esters is 1. The lowest BCUT2D eigenvalue weighted by molar-refractivity contribution is -0.384. The molecule has 0 radical (unpaired) electrons. The van der Waals surface area contributed by atoms with Crippen LogP contribution in [0.3, 0.4) is 0 Å².